The zero-order chi connectivity index (χ0) is 25.3. The Balaban J connectivity index is 1.62. The Morgan fingerprint density at radius 3 is 2.40 bits per heavy atom. The first kappa shape index (κ1) is 24.7. The van der Waals surface area contributed by atoms with Gasteiger partial charge in [0, 0.05) is 33.0 Å². The van der Waals surface area contributed by atoms with Gasteiger partial charge in [0.2, 0.25) is 5.92 Å². The molecule has 10 heteroatoms. The number of fused-ring (bicyclic) bond motifs is 1. The molecule has 1 fully saturated rings. The zero-order valence-electron chi connectivity index (χ0n) is 20.4. The number of benzene rings is 1. The molecule has 0 saturated heterocycles. The molecule has 0 bridgehead atoms. The molecular formula is C25H30F2N4O4. The van der Waals surface area contributed by atoms with Gasteiger partial charge in [0.1, 0.15) is 5.82 Å². The summed E-state index contributed by atoms with van der Waals surface area (Å²) in [6.07, 6.45) is 3.57. The number of nitrogens with zero attached hydrogens (tertiary/aromatic N) is 4. The molecule has 0 spiro atoms. The predicted octanol–water partition coefficient (Wildman–Crippen LogP) is 4.07. The summed E-state index contributed by atoms with van der Waals surface area (Å²) in [5.74, 6) is -1.08. The molecule has 2 aromatic heterocycles. The number of imidazole rings is 1. The fraction of sp³-hybridized carbons (Fsp3) is 0.480. The molecule has 0 atom stereocenters. The molecule has 1 aromatic carbocycles. The SMILES string of the molecule is CCn1c(=O)c2c(nc(/C=C/c3ccc(OC4CCC(F)(F)CC4)c(OC)c3)n2C)n(CC)c1=O. The highest BCUT2D eigenvalue weighted by atomic mass is 19.3. The number of ether oxygens (including phenoxy) is 2. The Kier molecular flexibility index (Phi) is 6.82. The van der Waals surface area contributed by atoms with Gasteiger partial charge < -0.3 is 14.0 Å². The van der Waals surface area contributed by atoms with Gasteiger partial charge >= 0.3 is 5.69 Å². The van der Waals surface area contributed by atoms with E-state index in [0.29, 0.717) is 47.9 Å². The van der Waals surface area contributed by atoms with E-state index in [4.69, 9.17) is 9.47 Å². The molecule has 1 aliphatic carbocycles. The molecule has 4 rings (SSSR count). The number of alkyl halides is 2. The van der Waals surface area contributed by atoms with Gasteiger partial charge in [-0.3, -0.25) is 13.9 Å². The minimum absolute atomic E-state index is 0.173. The largest absolute Gasteiger partial charge is 0.493 e. The van der Waals surface area contributed by atoms with Crippen molar-refractivity contribution in [2.75, 3.05) is 7.11 Å². The maximum absolute atomic E-state index is 13.4. The third-order valence-electron chi connectivity index (χ3n) is 6.48. The fourth-order valence-electron chi connectivity index (χ4n) is 4.46. The highest BCUT2D eigenvalue weighted by molar-refractivity contribution is 5.77. The summed E-state index contributed by atoms with van der Waals surface area (Å²) >= 11 is 0. The number of methoxy groups -OCH3 is 1. The summed E-state index contributed by atoms with van der Waals surface area (Å²) in [7, 11) is 3.27. The highest BCUT2D eigenvalue weighted by Gasteiger charge is 2.36. The van der Waals surface area contributed by atoms with Crippen LogP contribution in [0.1, 0.15) is 50.9 Å². The van der Waals surface area contributed by atoms with Crippen LogP contribution in [0.5, 0.6) is 11.5 Å². The van der Waals surface area contributed by atoms with Gasteiger partial charge in [-0.2, -0.15) is 0 Å². The molecule has 0 amide bonds. The summed E-state index contributed by atoms with van der Waals surface area (Å²) in [6.45, 7) is 4.27. The lowest BCUT2D eigenvalue weighted by Crippen LogP contribution is -2.39. The van der Waals surface area contributed by atoms with E-state index in [1.807, 2.05) is 19.1 Å². The Morgan fingerprint density at radius 1 is 1.09 bits per heavy atom. The van der Waals surface area contributed by atoms with E-state index in [9.17, 15) is 18.4 Å². The lowest BCUT2D eigenvalue weighted by Gasteiger charge is -2.29. The molecule has 0 N–H and O–H groups in total. The highest BCUT2D eigenvalue weighted by Crippen LogP contribution is 2.37. The van der Waals surface area contributed by atoms with Crippen molar-refractivity contribution < 1.29 is 18.3 Å². The van der Waals surface area contributed by atoms with Crippen LogP contribution in [-0.4, -0.2) is 37.8 Å². The maximum atomic E-state index is 13.4. The van der Waals surface area contributed by atoms with Crippen LogP contribution >= 0.6 is 0 Å². The molecular weight excluding hydrogens is 458 g/mol. The summed E-state index contributed by atoms with van der Waals surface area (Å²) in [6, 6.07) is 5.38. The van der Waals surface area contributed by atoms with Crippen molar-refractivity contribution in [2.45, 2.75) is 64.6 Å². The minimum atomic E-state index is -2.61. The third-order valence-corrected chi connectivity index (χ3v) is 6.48. The Morgan fingerprint density at radius 2 is 1.77 bits per heavy atom. The Labute approximate surface area is 201 Å². The smallest absolute Gasteiger partial charge is 0.332 e. The predicted molar refractivity (Wildman–Crippen MR) is 130 cm³/mol. The van der Waals surface area contributed by atoms with Crippen LogP contribution in [0.4, 0.5) is 8.78 Å². The molecule has 3 aromatic rings. The molecule has 0 aliphatic heterocycles. The van der Waals surface area contributed by atoms with Crippen molar-refractivity contribution in [3.8, 4) is 11.5 Å². The normalized spacial score (nSPS) is 16.3. The first-order chi connectivity index (χ1) is 16.7. The second kappa shape index (κ2) is 9.67. The van der Waals surface area contributed by atoms with Gasteiger partial charge in [-0.25, -0.2) is 18.6 Å². The lowest BCUT2D eigenvalue weighted by atomic mass is 9.94. The van der Waals surface area contributed by atoms with E-state index >= 15 is 0 Å². The van der Waals surface area contributed by atoms with Crippen molar-refractivity contribution in [1.29, 1.82) is 0 Å². The fourth-order valence-corrected chi connectivity index (χ4v) is 4.46. The lowest BCUT2D eigenvalue weighted by molar-refractivity contribution is -0.0584. The average Bonchev–Trinajstić information content (AvgIpc) is 3.16. The van der Waals surface area contributed by atoms with E-state index in [1.54, 1.807) is 36.7 Å². The average molecular weight is 489 g/mol. The topological polar surface area (TPSA) is 80.3 Å². The van der Waals surface area contributed by atoms with Crippen LogP contribution in [-0.2, 0) is 20.1 Å². The van der Waals surface area contributed by atoms with E-state index in [0.717, 1.165) is 5.56 Å². The van der Waals surface area contributed by atoms with Crippen LogP contribution in [0.15, 0.2) is 27.8 Å². The second-order valence-electron chi connectivity index (χ2n) is 8.69. The van der Waals surface area contributed by atoms with E-state index in [1.165, 1.54) is 16.2 Å². The summed E-state index contributed by atoms with van der Waals surface area (Å²) in [4.78, 5) is 30.1. The molecule has 188 valence electrons. The number of aryl methyl sites for hydroxylation is 2. The zero-order valence-corrected chi connectivity index (χ0v) is 20.4. The van der Waals surface area contributed by atoms with Crippen molar-refractivity contribution in [3.05, 3.63) is 50.4 Å². The van der Waals surface area contributed by atoms with Gasteiger partial charge in [0.25, 0.3) is 5.56 Å². The third kappa shape index (κ3) is 4.74. The first-order valence-electron chi connectivity index (χ1n) is 11.8. The van der Waals surface area contributed by atoms with Gasteiger partial charge in [-0.05, 0) is 50.5 Å². The van der Waals surface area contributed by atoms with Crippen molar-refractivity contribution >= 4 is 23.3 Å². The standard InChI is InChI=1S/C25H30F2N4O4/c1-5-30-22-21(23(32)31(6-2)24(30)33)29(3)20(28-22)10-8-16-7-9-18(19(15-16)34-4)35-17-11-13-25(26,27)14-12-17/h7-10,15,17H,5-6,11-14H2,1-4H3/b10-8+. The quantitative estimate of drug-likeness (QED) is 0.501. The molecule has 0 unspecified atom stereocenters. The molecule has 1 saturated carbocycles. The minimum Gasteiger partial charge on any atom is -0.493 e. The van der Waals surface area contributed by atoms with Crippen LogP contribution in [0.25, 0.3) is 23.3 Å². The van der Waals surface area contributed by atoms with Gasteiger partial charge in [-0.15, -0.1) is 0 Å². The monoisotopic (exact) mass is 488 g/mol. The summed E-state index contributed by atoms with van der Waals surface area (Å²) < 4.78 is 42.7. The molecule has 35 heavy (non-hydrogen) atoms. The molecule has 8 nitrogen and oxygen atoms in total. The number of rotatable bonds is 7. The number of hydrogen-bond acceptors (Lipinski definition) is 5. The molecule has 0 radical (unpaired) electrons. The maximum Gasteiger partial charge on any atom is 0.332 e. The van der Waals surface area contributed by atoms with Crippen molar-refractivity contribution in [3.63, 3.8) is 0 Å². The van der Waals surface area contributed by atoms with Crippen LogP contribution in [0.3, 0.4) is 0 Å². The van der Waals surface area contributed by atoms with Crippen molar-refractivity contribution in [2.24, 2.45) is 7.05 Å². The molecule has 1 aliphatic rings. The first-order valence-corrected chi connectivity index (χ1v) is 11.8. The van der Waals surface area contributed by atoms with Crippen LogP contribution in [0, 0.1) is 0 Å². The Bertz CT molecular complexity index is 1380. The van der Waals surface area contributed by atoms with Gasteiger partial charge in [0.05, 0.1) is 13.2 Å². The van der Waals surface area contributed by atoms with Crippen LogP contribution in [0.2, 0.25) is 0 Å². The number of aromatic nitrogens is 4. The van der Waals surface area contributed by atoms with E-state index < -0.39 is 5.92 Å². The molecule has 2 heterocycles. The Hall–Kier alpha value is -3.43. The van der Waals surface area contributed by atoms with Crippen molar-refractivity contribution in [1.82, 2.24) is 18.7 Å². The number of hydrogen-bond donors (Lipinski definition) is 0. The van der Waals surface area contributed by atoms with Gasteiger partial charge in [0.15, 0.2) is 22.7 Å². The summed E-state index contributed by atoms with van der Waals surface area (Å²) in [5.41, 5.74) is 0.787. The van der Waals surface area contributed by atoms with Gasteiger partial charge in [-0.1, -0.05) is 12.1 Å². The van der Waals surface area contributed by atoms with E-state index in [-0.39, 0.29) is 36.7 Å². The van der Waals surface area contributed by atoms with E-state index in [2.05, 4.69) is 4.98 Å². The second-order valence-corrected chi connectivity index (χ2v) is 8.69. The summed E-state index contributed by atoms with van der Waals surface area (Å²) in [5, 5.41) is 0. The van der Waals surface area contributed by atoms with Crippen LogP contribution < -0.4 is 20.7 Å². The number of halogens is 2.